The summed E-state index contributed by atoms with van der Waals surface area (Å²) in [6.07, 6.45) is 1.51. The lowest BCUT2D eigenvalue weighted by Gasteiger charge is -2.37. The second-order valence-corrected chi connectivity index (χ2v) is 5.80. The van der Waals surface area contributed by atoms with E-state index in [4.69, 9.17) is 10.5 Å². The van der Waals surface area contributed by atoms with E-state index in [1.165, 1.54) is 0 Å². The van der Waals surface area contributed by atoms with Crippen LogP contribution in [0.15, 0.2) is 0 Å². The van der Waals surface area contributed by atoms with Gasteiger partial charge in [-0.25, -0.2) is 0 Å². The fraction of sp³-hybridized carbons (Fsp3) is 0.857. The number of carbonyl (C=O) groups is 2. The Morgan fingerprint density at radius 1 is 1.14 bits per heavy atom. The van der Waals surface area contributed by atoms with E-state index >= 15 is 0 Å². The Hall–Kier alpha value is -0.850. The van der Waals surface area contributed by atoms with Crippen molar-refractivity contribution in [3.63, 3.8) is 0 Å². The number of rotatable bonds is 3. The van der Waals surface area contributed by atoms with Gasteiger partial charge >= 0.3 is 0 Å². The van der Waals surface area contributed by atoms with Crippen molar-refractivity contribution in [1.29, 1.82) is 0 Å². The first-order chi connectivity index (χ1) is 9.50. The minimum absolute atomic E-state index is 0. The van der Waals surface area contributed by atoms with Crippen LogP contribution < -0.4 is 5.73 Å². The number of carbonyl (C=O) groups excluding carboxylic acids is 2. The van der Waals surface area contributed by atoms with Gasteiger partial charge in [0.1, 0.15) is 6.10 Å². The zero-order valence-electron chi connectivity index (χ0n) is 12.8. The normalized spacial score (nSPS) is 25.2. The van der Waals surface area contributed by atoms with Gasteiger partial charge in [0.15, 0.2) is 0 Å². The van der Waals surface area contributed by atoms with Crippen LogP contribution in [0.25, 0.3) is 0 Å². The Kier molecular flexibility index (Phi) is 6.90. The molecular weight excluding hydrogens is 294 g/mol. The second-order valence-electron chi connectivity index (χ2n) is 5.80. The molecule has 2 saturated heterocycles. The highest BCUT2D eigenvalue weighted by atomic mass is 35.5. The number of halogens is 1. The van der Waals surface area contributed by atoms with Gasteiger partial charge < -0.3 is 20.3 Å². The van der Waals surface area contributed by atoms with Crippen LogP contribution in [0.4, 0.5) is 0 Å². The largest absolute Gasteiger partial charge is 0.368 e. The molecule has 3 unspecified atom stereocenters. The molecule has 0 aromatic heterocycles. The van der Waals surface area contributed by atoms with E-state index < -0.39 is 0 Å². The first-order valence-corrected chi connectivity index (χ1v) is 7.45. The molecule has 2 aliphatic rings. The monoisotopic (exact) mass is 319 g/mol. The molecule has 6 nitrogen and oxygen atoms in total. The molecule has 7 heteroatoms. The van der Waals surface area contributed by atoms with Crippen molar-refractivity contribution < 1.29 is 14.3 Å². The summed E-state index contributed by atoms with van der Waals surface area (Å²) in [5.74, 6) is -0.00512. The summed E-state index contributed by atoms with van der Waals surface area (Å²) in [7, 11) is 0. The summed E-state index contributed by atoms with van der Waals surface area (Å²) < 4.78 is 5.42. The van der Waals surface area contributed by atoms with E-state index in [0.717, 1.165) is 12.8 Å². The van der Waals surface area contributed by atoms with Crippen LogP contribution in [0.2, 0.25) is 0 Å². The first kappa shape index (κ1) is 18.2. The van der Waals surface area contributed by atoms with Gasteiger partial charge in [0, 0.05) is 38.8 Å². The van der Waals surface area contributed by atoms with Gasteiger partial charge in [0.25, 0.3) is 5.91 Å². The number of piperazine rings is 1. The molecule has 21 heavy (non-hydrogen) atoms. The highest BCUT2D eigenvalue weighted by Gasteiger charge is 2.32. The quantitative estimate of drug-likeness (QED) is 0.808. The average Bonchev–Trinajstić information content (AvgIpc) is 2.99. The van der Waals surface area contributed by atoms with Crippen LogP contribution in [0, 0.1) is 5.92 Å². The van der Waals surface area contributed by atoms with Crippen molar-refractivity contribution in [1.82, 2.24) is 9.80 Å². The Morgan fingerprint density at radius 2 is 1.71 bits per heavy atom. The maximum atomic E-state index is 12.2. The molecule has 0 bridgehead atoms. The predicted molar refractivity (Wildman–Crippen MR) is 82.2 cm³/mol. The lowest BCUT2D eigenvalue weighted by molar-refractivity contribution is -0.147. The van der Waals surface area contributed by atoms with Crippen molar-refractivity contribution in [2.75, 3.05) is 32.8 Å². The van der Waals surface area contributed by atoms with E-state index in [0.29, 0.717) is 32.8 Å². The second kappa shape index (κ2) is 7.96. The first-order valence-electron chi connectivity index (χ1n) is 7.45. The summed E-state index contributed by atoms with van der Waals surface area (Å²) in [4.78, 5) is 28.0. The zero-order valence-corrected chi connectivity index (χ0v) is 13.6. The molecule has 2 N–H and O–H groups in total. The number of nitrogens with two attached hydrogens (primary N) is 1. The zero-order chi connectivity index (χ0) is 14.7. The molecule has 0 aromatic rings. The van der Waals surface area contributed by atoms with Crippen LogP contribution in [0.1, 0.15) is 26.7 Å². The summed E-state index contributed by atoms with van der Waals surface area (Å²) in [6, 6.07) is -0.144. The molecule has 2 fully saturated rings. The Balaban J connectivity index is 0.00000220. The standard InChI is InChI=1S/C14H25N3O3.ClH/c1-10(11(2)15)13(18)16-5-7-17(8-6-16)14(19)12-4-3-9-20-12;/h10-12H,3-9,15H2,1-2H3;1H. The summed E-state index contributed by atoms with van der Waals surface area (Å²) in [6.45, 7) is 6.76. The van der Waals surface area contributed by atoms with E-state index in [-0.39, 0.29) is 42.3 Å². The van der Waals surface area contributed by atoms with Gasteiger partial charge in [-0.05, 0) is 19.8 Å². The third-order valence-electron chi connectivity index (χ3n) is 4.29. The number of hydrogen-bond donors (Lipinski definition) is 1. The molecule has 0 saturated carbocycles. The molecule has 0 aliphatic carbocycles. The van der Waals surface area contributed by atoms with Crippen molar-refractivity contribution in [3.8, 4) is 0 Å². The van der Waals surface area contributed by atoms with Gasteiger partial charge in [0.05, 0.1) is 5.92 Å². The van der Waals surface area contributed by atoms with E-state index in [1.54, 1.807) is 0 Å². The summed E-state index contributed by atoms with van der Waals surface area (Å²) in [5, 5.41) is 0. The van der Waals surface area contributed by atoms with Crippen LogP contribution in [0.3, 0.4) is 0 Å². The Morgan fingerprint density at radius 3 is 2.19 bits per heavy atom. The van der Waals surface area contributed by atoms with Gasteiger partial charge in [-0.15, -0.1) is 12.4 Å². The molecular formula is C14H26ClN3O3. The molecule has 2 amide bonds. The molecule has 0 aromatic carbocycles. The number of ether oxygens (including phenoxy) is 1. The maximum absolute atomic E-state index is 12.2. The minimum Gasteiger partial charge on any atom is -0.368 e. The molecule has 0 radical (unpaired) electrons. The molecule has 2 heterocycles. The van der Waals surface area contributed by atoms with E-state index in [2.05, 4.69) is 0 Å². The number of amides is 2. The van der Waals surface area contributed by atoms with E-state index in [1.807, 2.05) is 23.6 Å². The Labute approximate surface area is 132 Å². The topological polar surface area (TPSA) is 75.9 Å². The fourth-order valence-electron chi connectivity index (χ4n) is 2.64. The molecule has 2 aliphatic heterocycles. The number of nitrogens with zero attached hydrogens (tertiary/aromatic N) is 2. The summed E-state index contributed by atoms with van der Waals surface area (Å²) in [5.41, 5.74) is 5.77. The van der Waals surface area contributed by atoms with Gasteiger partial charge in [-0.2, -0.15) is 0 Å². The van der Waals surface area contributed by atoms with Crippen LogP contribution in [-0.2, 0) is 14.3 Å². The van der Waals surface area contributed by atoms with Crippen molar-refractivity contribution in [2.45, 2.75) is 38.8 Å². The van der Waals surface area contributed by atoms with Gasteiger partial charge in [-0.3, -0.25) is 9.59 Å². The van der Waals surface area contributed by atoms with Crippen LogP contribution in [-0.4, -0.2) is 66.5 Å². The van der Waals surface area contributed by atoms with Gasteiger partial charge in [0.2, 0.25) is 5.91 Å². The van der Waals surface area contributed by atoms with Crippen LogP contribution >= 0.6 is 12.4 Å². The molecule has 122 valence electrons. The van der Waals surface area contributed by atoms with Crippen molar-refractivity contribution in [3.05, 3.63) is 0 Å². The molecule has 0 spiro atoms. The highest BCUT2D eigenvalue weighted by Crippen LogP contribution is 2.16. The Bertz CT molecular complexity index is 342. The molecule has 2 rings (SSSR count). The highest BCUT2D eigenvalue weighted by molar-refractivity contribution is 5.85. The summed E-state index contributed by atoms with van der Waals surface area (Å²) >= 11 is 0. The van der Waals surface area contributed by atoms with E-state index in [9.17, 15) is 9.59 Å². The third-order valence-corrected chi connectivity index (χ3v) is 4.29. The minimum atomic E-state index is -0.264. The maximum Gasteiger partial charge on any atom is 0.251 e. The smallest absolute Gasteiger partial charge is 0.251 e. The third kappa shape index (κ3) is 4.31. The molecule has 3 atom stereocenters. The van der Waals surface area contributed by atoms with Gasteiger partial charge in [-0.1, -0.05) is 6.92 Å². The fourth-order valence-corrected chi connectivity index (χ4v) is 2.64. The predicted octanol–water partition coefficient (Wildman–Crippen LogP) is 0.241. The van der Waals surface area contributed by atoms with Crippen molar-refractivity contribution in [2.24, 2.45) is 11.7 Å². The lowest BCUT2D eigenvalue weighted by atomic mass is 10.0. The van der Waals surface area contributed by atoms with Crippen LogP contribution in [0.5, 0.6) is 0 Å². The SMILES string of the molecule is CC(N)C(C)C(=O)N1CCN(C(=O)C2CCCO2)CC1.Cl. The van der Waals surface area contributed by atoms with Crippen molar-refractivity contribution >= 4 is 24.2 Å². The lowest BCUT2D eigenvalue weighted by Crippen LogP contribution is -2.54. The average molecular weight is 320 g/mol. The number of hydrogen-bond acceptors (Lipinski definition) is 4.